The number of benzene rings is 1. The normalized spacial score (nSPS) is 21.5. The fraction of sp³-hybridized carbons (Fsp3) is 0.471. The van der Waals surface area contributed by atoms with Gasteiger partial charge in [0.15, 0.2) is 0 Å². The molecule has 3 nitrogen and oxygen atoms in total. The van der Waals surface area contributed by atoms with Crippen LogP contribution >= 0.6 is 11.3 Å². The smallest absolute Gasteiger partial charge is 0.0982 e. The van der Waals surface area contributed by atoms with Crippen LogP contribution in [0.4, 0.5) is 0 Å². The molecular formula is C17H22N2OS. The van der Waals surface area contributed by atoms with Gasteiger partial charge in [0, 0.05) is 23.8 Å². The Morgan fingerprint density at radius 2 is 2.10 bits per heavy atom. The maximum atomic E-state index is 10.2. The minimum absolute atomic E-state index is 0.0148. The summed E-state index contributed by atoms with van der Waals surface area (Å²) in [6.45, 7) is 7.24. The first-order chi connectivity index (χ1) is 9.95. The number of hydrogen-bond donors (Lipinski definition) is 2. The van der Waals surface area contributed by atoms with E-state index in [1.807, 2.05) is 12.1 Å². The number of fused-ring (bicyclic) bond motifs is 1. The molecule has 1 aliphatic carbocycles. The van der Waals surface area contributed by atoms with E-state index >= 15 is 0 Å². The topological polar surface area (TPSA) is 45.2 Å². The standard InChI is InChI=1S/C17H22N2OS/c1-17(2,3)16-19-12(10-21-16)9-18-15-13-7-5-4-6-11(13)8-14(15)20/h4-7,10,14-15,18,20H,8-9H2,1-3H3/t14-,15+/m1/s1. The van der Waals surface area contributed by atoms with Crippen molar-refractivity contribution in [3.63, 3.8) is 0 Å². The lowest BCUT2D eigenvalue weighted by atomic mass is 9.98. The number of rotatable bonds is 3. The zero-order chi connectivity index (χ0) is 15.0. The van der Waals surface area contributed by atoms with Gasteiger partial charge >= 0.3 is 0 Å². The number of thiazole rings is 1. The monoisotopic (exact) mass is 302 g/mol. The molecule has 3 rings (SSSR count). The second kappa shape index (κ2) is 5.52. The van der Waals surface area contributed by atoms with E-state index in [0.29, 0.717) is 6.54 Å². The van der Waals surface area contributed by atoms with Gasteiger partial charge in [-0.3, -0.25) is 0 Å². The van der Waals surface area contributed by atoms with Gasteiger partial charge in [-0.15, -0.1) is 11.3 Å². The zero-order valence-corrected chi connectivity index (χ0v) is 13.6. The Bertz CT molecular complexity index is 630. The molecule has 112 valence electrons. The molecule has 1 aliphatic rings. The van der Waals surface area contributed by atoms with Crippen molar-refractivity contribution in [1.82, 2.24) is 10.3 Å². The lowest BCUT2D eigenvalue weighted by molar-refractivity contribution is 0.140. The number of aliphatic hydroxyl groups excluding tert-OH is 1. The Morgan fingerprint density at radius 3 is 2.81 bits per heavy atom. The summed E-state index contributed by atoms with van der Waals surface area (Å²) in [6.07, 6.45) is 0.390. The molecule has 1 aromatic heterocycles. The maximum absolute atomic E-state index is 10.2. The minimum Gasteiger partial charge on any atom is -0.391 e. The van der Waals surface area contributed by atoms with Crippen molar-refractivity contribution in [2.75, 3.05) is 0 Å². The largest absolute Gasteiger partial charge is 0.391 e. The zero-order valence-electron chi connectivity index (χ0n) is 12.8. The van der Waals surface area contributed by atoms with Crippen LogP contribution in [0.25, 0.3) is 0 Å². The van der Waals surface area contributed by atoms with E-state index in [1.54, 1.807) is 11.3 Å². The molecule has 1 aromatic carbocycles. The first-order valence-electron chi connectivity index (χ1n) is 7.39. The van der Waals surface area contributed by atoms with Gasteiger partial charge in [-0.05, 0) is 11.1 Å². The molecule has 21 heavy (non-hydrogen) atoms. The van der Waals surface area contributed by atoms with Gasteiger partial charge in [0.05, 0.1) is 22.8 Å². The third-order valence-electron chi connectivity index (χ3n) is 3.90. The van der Waals surface area contributed by atoms with Crippen LogP contribution < -0.4 is 5.32 Å². The van der Waals surface area contributed by atoms with E-state index in [9.17, 15) is 5.11 Å². The van der Waals surface area contributed by atoms with Crippen LogP contribution in [0.5, 0.6) is 0 Å². The molecule has 4 heteroatoms. The second-order valence-corrected chi connectivity index (χ2v) is 7.58. The highest BCUT2D eigenvalue weighted by atomic mass is 32.1. The Kier molecular flexibility index (Phi) is 3.86. The van der Waals surface area contributed by atoms with Crippen LogP contribution in [0.2, 0.25) is 0 Å². The van der Waals surface area contributed by atoms with E-state index < -0.39 is 0 Å². The summed E-state index contributed by atoms with van der Waals surface area (Å²) in [7, 11) is 0. The van der Waals surface area contributed by atoms with E-state index in [-0.39, 0.29) is 17.6 Å². The predicted octanol–water partition coefficient (Wildman–Crippen LogP) is 3.19. The van der Waals surface area contributed by atoms with Crippen LogP contribution in [0, 0.1) is 0 Å². The molecule has 0 aliphatic heterocycles. The van der Waals surface area contributed by atoms with Gasteiger partial charge < -0.3 is 10.4 Å². The molecule has 2 atom stereocenters. The van der Waals surface area contributed by atoms with Crippen LogP contribution in [0.15, 0.2) is 29.6 Å². The summed E-state index contributed by atoms with van der Waals surface area (Å²) >= 11 is 1.71. The van der Waals surface area contributed by atoms with Gasteiger partial charge in [-0.2, -0.15) is 0 Å². The van der Waals surface area contributed by atoms with Crippen molar-refractivity contribution in [3.8, 4) is 0 Å². The fourth-order valence-corrected chi connectivity index (χ4v) is 3.67. The molecule has 0 radical (unpaired) electrons. The number of hydrogen-bond acceptors (Lipinski definition) is 4. The molecule has 0 amide bonds. The van der Waals surface area contributed by atoms with Crippen LogP contribution in [0.1, 0.15) is 48.6 Å². The number of aromatic nitrogens is 1. The summed E-state index contributed by atoms with van der Waals surface area (Å²) in [4.78, 5) is 4.70. The fourth-order valence-electron chi connectivity index (χ4n) is 2.77. The Balaban J connectivity index is 1.69. The number of nitrogens with zero attached hydrogens (tertiary/aromatic N) is 1. The summed E-state index contributed by atoms with van der Waals surface area (Å²) < 4.78 is 0. The van der Waals surface area contributed by atoms with Crippen LogP contribution in [0.3, 0.4) is 0 Å². The van der Waals surface area contributed by atoms with Crippen molar-refractivity contribution in [1.29, 1.82) is 0 Å². The lowest BCUT2D eigenvalue weighted by Gasteiger charge is -2.17. The number of nitrogens with one attached hydrogen (secondary N) is 1. The molecule has 0 saturated carbocycles. The average Bonchev–Trinajstić information content (AvgIpc) is 3.00. The summed E-state index contributed by atoms with van der Waals surface area (Å²) in [5.74, 6) is 0. The van der Waals surface area contributed by atoms with Gasteiger partial charge in [0.25, 0.3) is 0 Å². The van der Waals surface area contributed by atoms with Gasteiger partial charge in [0.1, 0.15) is 0 Å². The molecule has 0 fully saturated rings. The molecule has 2 aromatic rings. The summed E-state index contributed by atoms with van der Waals surface area (Å²) in [5, 5.41) is 17.0. The molecule has 0 saturated heterocycles. The molecule has 0 bridgehead atoms. The van der Waals surface area contributed by atoms with Crippen molar-refractivity contribution in [2.24, 2.45) is 0 Å². The molecular weight excluding hydrogens is 280 g/mol. The van der Waals surface area contributed by atoms with Crippen LogP contribution in [-0.2, 0) is 18.4 Å². The third kappa shape index (κ3) is 3.03. The SMILES string of the molecule is CC(C)(C)c1nc(CN[C@H]2c3ccccc3C[C@H]2O)cs1. The molecule has 2 N–H and O–H groups in total. The van der Waals surface area contributed by atoms with Crippen molar-refractivity contribution < 1.29 is 5.11 Å². The Hall–Kier alpha value is -1.23. The van der Waals surface area contributed by atoms with Crippen molar-refractivity contribution >= 4 is 11.3 Å². The summed E-state index contributed by atoms with van der Waals surface area (Å²) in [6, 6.07) is 8.28. The molecule has 0 unspecified atom stereocenters. The van der Waals surface area contributed by atoms with E-state index in [4.69, 9.17) is 4.98 Å². The molecule has 1 heterocycles. The van der Waals surface area contributed by atoms with E-state index in [0.717, 1.165) is 17.1 Å². The third-order valence-corrected chi connectivity index (χ3v) is 5.22. The van der Waals surface area contributed by atoms with E-state index in [1.165, 1.54) is 11.1 Å². The summed E-state index contributed by atoms with van der Waals surface area (Å²) in [5.41, 5.74) is 3.62. The van der Waals surface area contributed by atoms with Gasteiger partial charge in [-0.25, -0.2) is 4.98 Å². The van der Waals surface area contributed by atoms with Crippen molar-refractivity contribution in [2.45, 2.75) is 51.3 Å². The first kappa shape index (κ1) is 14.7. The van der Waals surface area contributed by atoms with E-state index in [2.05, 4.69) is 43.6 Å². The minimum atomic E-state index is -0.344. The molecule has 0 spiro atoms. The average molecular weight is 302 g/mol. The van der Waals surface area contributed by atoms with Gasteiger partial charge in [-0.1, -0.05) is 45.0 Å². The maximum Gasteiger partial charge on any atom is 0.0982 e. The van der Waals surface area contributed by atoms with Crippen LogP contribution in [-0.4, -0.2) is 16.2 Å². The highest BCUT2D eigenvalue weighted by Crippen LogP contribution is 2.32. The Labute approximate surface area is 130 Å². The van der Waals surface area contributed by atoms with Gasteiger partial charge in [0.2, 0.25) is 0 Å². The quantitative estimate of drug-likeness (QED) is 0.915. The Morgan fingerprint density at radius 1 is 1.33 bits per heavy atom. The number of aliphatic hydroxyl groups is 1. The van der Waals surface area contributed by atoms with Crippen molar-refractivity contribution in [3.05, 3.63) is 51.5 Å². The first-order valence-corrected chi connectivity index (χ1v) is 8.27. The highest BCUT2D eigenvalue weighted by Gasteiger charge is 2.30. The highest BCUT2D eigenvalue weighted by molar-refractivity contribution is 7.09. The second-order valence-electron chi connectivity index (χ2n) is 6.72. The predicted molar refractivity (Wildman–Crippen MR) is 86.5 cm³/mol. The lowest BCUT2D eigenvalue weighted by Crippen LogP contribution is -2.28.